The second-order valence-electron chi connectivity index (χ2n) is 8.23. The summed E-state index contributed by atoms with van der Waals surface area (Å²) in [5.74, 6) is 1.27. The molecule has 0 atom stereocenters. The maximum Gasteiger partial charge on any atom is 0.351 e. The lowest BCUT2D eigenvalue weighted by Crippen LogP contribution is -2.32. The molecule has 1 aliphatic heterocycles. The van der Waals surface area contributed by atoms with E-state index in [0.717, 1.165) is 46.6 Å². The molecular formula is C24H21N7O. The number of aryl methyl sites for hydroxylation is 2. The van der Waals surface area contributed by atoms with Gasteiger partial charge in [0.15, 0.2) is 0 Å². The minimum Gasteiger partial charge on any atom is -0.351 e. The summed E-state index contributed by atoms with van der Waals surface area (Å²) < 4.78 is 2.80. The highest BCUT2D eigenvalue weighted by Gasteiger charge is 2.22. The molecule has 0 aliphatic carbocycles. The third-order valence-corrected chi connectivity index (χ3v) is 6.15. The maximum absolute atomic E-state index is 12.2. The Hall–Kier alpha value is -4.07. The number of hydrogen-bond acceptors (Lipinski definition) is 6. The molecule has 5 heterocycles. The van der Waals surface area contributed by atoms with Gasteiger partial charge >= 0.3 is 5.69 Å². The van der Waals surface area contributed by atoms with Crippen LogP contribution in [0.5, 0.6) is 0 Å². The van der Waals surface area contributed by atoms with Gasteiger partial charge in [-0.25, -0.2) is 13.9 Å². The molecule has 0 saturated heterocycles. The third-order valence-electron chi connectivity index (χ3n) is 6.15. The monoisotopic (exact) mass is 423 g/mol. The van der Waals surface area contributed by atoms with Gasteiger partial charge in [-0.05, 0) is 35.6 Å². The van der Waals surface area contributed by atoms with Crippen LogP contribution in [-0.4, -0.2) is 35.7 Å². The maximum atomic E-state index is 12.2. The quantitative estimate of drug-likeness (QED) is 0.434. The fourth-order valence-corrected chi connectivity index (χ4v) is 4.54. The van der Waals surface area contributed by atoms with Crippen molar-refractivity contribution in [1.82, 2.24) is 29.1 Å². The van der Waals surface area contributed by atoms with Crippen LogP contribution in [0.2, 0.25) is 0 Å². The Labute approximate surface area is 183 Å². The van der Waals surface area contributed by atoms with E-state index in [2.05, 4.69) is 39.2 Å². The highest BCUT2D eigenvalue weighted by atomic mass is 16.2. The predicted molar refractivity (Wildman–Crippen MR) is 123 cm³/mol. The Morgan fingerprint density at radius 1 is 1.12 bits per heavy atom. The van der Waals surface area contributed by atoms with Gasteiger partial charge in [-0.1, -0.05) is 18.2 Å². The highest BCUT2D eigenvalue weighted by Crippen LogP contribution is 2.31. The van der Waals surface area contributed by atoms with E-state index in [4.69, 9.17) is 9.97 Å². The number of fused-ring (bicyclic) bond motifs is 3. The normalized spacial score (nSPS) is 13.6. The Bertz CT molecular complexity index is 1560. The molecule has 1 aromatic carbocycles. The summed E-state index contributed by atoms with van der Waals surface area (Å²) in [5.41, 5.74) is 5.32. The van der Waals surface area contributed by atoms with Crippen molar-refractivity contribution in [2.45, 2.75) is 19.9 Å². The van der Waals surface area contributed by atoms with Gasteiger partial charge in [0.05, 0.1) is 0 Å². The molecule has 0 radical (unpaired) electrons. The first kappa shape index (κ1) is 18.7. The van der Waals surface area contributed by atoms with Gasteiger partial charge < -0.3 is 4.90 Å². The smallest absolute Gasteiger partial charge is 0.351 e. The number of pyridine rings is 2. The van der Waals surface area contributed by atoms with Crippen LogP contribution in [0.4, 0.5) is 5.82 Å². The second kappa shape index (κ2) is 6.98. The second-order valence-corrected chi connectivity index (χ2v) is 8.23. The lowest BCUT2D eigenvalue weighted by Gasteiger charge is -2.30. The van der Waals surface area contributed by atoms with Crippen molar-refractivity contribution in [2.24, 2.45) is 7.05 Å². The summed E-state index contributed by atoms with van der Waals surface area (Å²) in [6.45, 7) is 3.51. The minimum atomic E-state index is -0.190. The molecule has 158 valence electrons. The van der Waals surface area contributed by atoms with E-state index in [9.17, 15) is 4.79 Å². The van der Waals surface area contributed by atoms with Gasteiger partial charge in [-0.2, -0.15) is 4.98 Å². The number of nitrogens with zero attached hydrogens (tertiary/aromatic N) is 7. The van der Waals surface area contributed by atoms with Crippen molar-refractivity contribution < 1.29 is 0 Å². The van der Waals surface area contributed by atoms with E-state index in [1.165, 1.54) is 20.0 Å². The van der Waals surface area contributed by atoms with E-state index < -0.39 is 0 Å². The van der Waals surface area contributed by atoms with E-state index in [-0.39, 0.29) is 5.69 Å². The van der Waals surface area contributed by atoms with Crippen molar-refractivity contribution in [3.63, 3.8) is 0 Å². The first-order valence-electron chi connectivity index (χ1n) is 10.6. The summed E-state index contributed by atoms with van der Waals surface area (Å²) in [4.78, 5) is 28.2. The van der Waals surface area contributed by atoms with Crippen molar-refractivity contribution >= 4 is 22.4 Å². The molecule has 0 unspecified atom stereocenters. The molecule has 4 aromatic heterocycles. The fraction of sp³-hybridized carbons (Fsp3) is 0.208. The SMILES string of the molecule is Cc1cn2c(=O)n(C)nc2nc1N1CCc2ncc(-c3cccc4cnccc34)cc2C1. The molecule has 0 bridgehead atoms. The number of rotatable bonds is 2. The molecule has 0 spiro atoms. The van der Waals surface area contributed by atoms with Crippen LogP contribution < -0.4 is 10.6 Å². The molecule has 0 N–H and O–H groups in total. The van der Waals surface area contributed by atoms with Crippen LogP contribution in [-0.2, 0) is 20.0 Å². The Kier molecular flexibility index (Phi) is 4.07. The number of aromatic nitrogens is 6. The van der Waals surface area contributed by atoms with Crippen LogP contribution in [0.25, 0.3) is 27.7 Å². The van der Waals surface area contributed by atoms with Crippen molar-refractivity contribution in [3.05, 3.63) is 82.4 Å². The topological polar surface area (TPSA) is 81.2 Å². The van der Waals surface area contributed by atoms with Gasteiger partial charge in [0.1, 0.15) is 5.82 Å². The summed E-state index contributed by atoms with van der Waals surface area (Å²) >= 11 is 0. The van der Waals surface area contributed by atoms with Gasteiger partial charge in [-0.15, -0.1) is 5.10 Å². The molecule has 0 amide bonds. The minimum absolute atomic E-state index is 0.190. The Morgan fingerprint density at radius 3 is 2.94 bits per heavy atom. The van der Waals surface area contributed by atoms with E-state index in [0.29, 0.717) is 12.3 Å². The lowest BCUT2D eigenvalue weighted by atomic mass is 9.97. The average molecular weight is 423 g/mol. The summed E-state index contributed by atoms with van der Waals surface area (Å²) in [6.07, 6.45) is 8.35. The molecule has 0 saturated carbocycles. The van der Waals surface area contributed by atoms with E-state index >= 15 is 0 Å². The zero-order valence-electron chi connectivity index (χ0n) is 17.9. The van der Waals surface area contributed by atoms with Gasteiger partial charge in [-0.3, -0.25) is 9.97 Å². The van der Waals surface area contributed by atoms with E-state index in [1.54, 1.807) is 7.05 Å². The van der Waals surface area contributed by atoms with Crippen LogP contribution in [0.3, 0.4) is 0 Å². The molecule has 0 fully saturated rings. The van der Waals surface area contributed by atoms with Crippen molar-refractivity contribution in [1.29, 1.82) is 0 Å². The van der Waals surface area contributed by atoms with Crippen LogP contribution in [0.1, 0.15) is 16.8 Å². The predicted octanol–water partition coefficient (Wildman–Crippen LogP) is 2.91. The van der Waals surface area contributed by atoms with Gasteiger partial charge in [0, 0.05) is 73.6 Å². The van der Waals surface area contributed by atoms with Crippen LogP contribution >= 0.6 is 0 Å². The Morgan fingerprint density at radius 2 is 2.03 bits per heavy atom. The standard InChI is InChI=1S/C24H21N7O/c1-15-13-31-23(28-29(2)24(31)32)27-22(15)30-9-7-21-18(14-30)10-17(12-26-21)19-5-3-4-16-11-25-8-6-20(16)19/h3-6,8,10-13H,7,9,14H2,1-2H3. The fourth-order valence-electron chi connectivity index (χ4n) is 4.54. The van der Waals surface area contributed by atoms with E-state index in [1.807, 2.05) is 37.8 Å². The number of benzene rings is 1. The molecule has 8 heteroatoms. The van der Waals surface area contributed by atoms with Crippen LogP contribution in [0, 0.1) is 6.92 Å². The van der Waals surface area contributed by atoms with Crippen LogP contribution in [0.15, 0.2) is 59.9 Å². The lowest BCUT2D eigenvalue weighted by molar-refractivity contribution is 0.700. The highest BCUT2D eigenvalue weighted by molar-refractivity contribution is 5.96. The number of anilines is 1. The van der Waals surface area contributed by atoms with Gasteiger partial charge in [0.2, 0.25) is 0 Å². The number of hydrogen-bond donors (Lipinski definition) is 0. The first-order chi connectivity index (χ1) is 15.6. The van der Waals surface area contributed by atoms with Crippen molar-refractivity contribution in [3.8, 4) is 11.1 Å². The van der Waals surface area contributed by atoms with Crippen molar-refractivity contribution in [2.75, 3.05) is 11.4 Å². The molecule has 6 rings (SSSR count). The molecule has 32 heavy (non-hydrogen) atoms. The first-order valence-corrected chi connectivity index (χ1v) is 10.6. The molecular weight excluding hydrogens is 402 g/mol. The molecule has 1 aliphatic rings. The molecule has 8 nitrogen and oxygen atoms in total. The Balaban J connectivity index is 1.40. The zero-order chi connectivity index (χ0) is 21.8. The summed E-state index contributed by atoms with van der Waals surface area (Å²) in [7, 11) is 1.64. The third kappa shape index (κ3) is 2.87. The summed E-state index contributed by atoms with van der Waals surface area (Å²) in [5, 5.41) is 6.53. The zero-order valence-corrected chi connectivity index (χ0v) is 17.9. The van der Waals surface area contributed by atoms with Gasteiger partial charge in [0.25, 0.3) is 5.78 Å². The average Bonchev–Trinajstić information content (AvgIpc) is 3.10. The molecule has 5 aromatic rings. The largest absolute Gasteiger partial charge is 0.351 e. The summed E-state index contributed by atoms with van der Waals surface area (Å²) in [6, 6.07) is 10.6.